The van der Waals surface area contributed by atoms with Gasteiger partial charge in [0.05, 0.1) is 0 Å². The lowest BCUT2D eigenvalue weighted by Crippen LogP contribution is -2.41. The molecule has 0 aliphatic rings. The summed E-state index contributed by atoms with van der Waals surface area (Å²) in [5.74, 6) is 0. The largest absolute Gasteiger partial charge is 0.417 e. The third-order valence-electron chi connectivity index (χ3n) is 4.09. The summed E-state index contributed by atoms with van der Waals surface area (Å²) in [5.41, 5.74) is 1.73. The van der Waals surface area contributed by atoms with E-state index in [1.165, 1.54) is 0 Å². The summed E-state index contributed by atoms with van der Waals surface area (Å²) in [5, 5.41) is 0.842. The van der Waals surface area contributed by atoms with Crippen molar-refractivity contribution >= 4 is 26.2 Å². The van der Waals surface area contributed by atoms with Crippen molar-refractivity contribution in [3.63, 3.8) is 0 Å². The minimum Gasteiger partial charge on any atom is -0.417 e. The Morgan fingerprint density at radius 3 is 2.50 bits per heavy atom. The zero-order chi connectivity index (χ0) is 15.4. The van der Waals surface area contributed by atoms with Gasteiger partial charge in [-0.05, 0) is 48.7 Å². The summed E-state index contributed by atoms with van der Waals surface area (Å²) >= 11 is 5.89. The zero-order valence-electron chi connectivity index (χ0n) is 13.1. The van der Waals surface area contributed by atoms with Crippen LogP contribution in [0.15, 0.2) is 18.2 Å². The highest BCUT2D eigenvalue weighted by Gasteiger charge is 2.36. The van der Waals surface area contributed by atoms with Crippen molar-refractivity contribution in [2.24, 2.45) is 0 Å². The van der Waals surface area contributed by atoms with Crippen LogP contribution in [0, 0.1) is 0 Å². The van der Waals surface area contributed by atoms with Crippen molar-refractivity contribution in [3.8, 4) is 0 Å². The Balaban J connectivity index is 2.52. The molecule has 1 aromatic carbocycles. The first-order chi connectivity index (χ1) is 9.17. The van der Waals surface area contributed by atoms with Gasteiger partial charge < -0.3 is 4.43 Å². The average Bonchev–Trinajstić information content (AvgIpc) is 2.34. The number of carbonyl (C=O) groups is 1. The Labute approximate surface area is 128 Å². The Bertz CT molecular complexity index is 464. The normalized spacial score (nSPS) is 12.5. The van der Waals surface area contributed by atoms with Crippen molar-refractivity contribution in [2.75, 3.05) is 6.61 Å². The SMILES string of the molecule is CC(C)(C)[Si](C)(C)OCCCc1ccc(Cl)cc1C=O. The highest BCUT2D eigenvalue weighted by atomic mass is 35.5. The van der Waals surface area contributed by atoms with E-state index in [0.29, 0.717) is 10.6 Å². The highest BCUT2D eigenvalue weighted by molar-refractivity contribution is 6.74. The first-order valence-corrected chi connectivity index (χ1v) is 10.3. The Morgan fingerprint density at radius 2 is 1.95 bits per heavy atom. The molecular weight excluding hydrogens is 288 g/mol. The molecule has 0 aliphatic heterocycles. The lowest BCUT2D eigenvalue weighted by atomic mass is 10.0. The summed E-state index contributed by atoms with van der Waals surface area (Å²) in [6, 6.07) is 5.48. The second-order valence-electron chi connectivity index (χ2n) is 6.67. The lowest BCUT2D eigenvalue weighted by molar-refractivity contribution is 0.112. The zero-order valence-corrected chi connectivity index (χ0v) is 14.9. The Kier molecular flexibility index (Phi) is 5.99. The second-order valence-corrected chi connectivity index (χ2v) is 11.9. The molecule has 1 aromatic rings. The van der Waals surface area contributed by atoms with Crippen LogP contribution in [0.4, 0.5) is 0 Å². The number of hydrogen-bond donors (Lipinski definition) is 0. The maximum Gasteiger partial charge on any atom is 0.191 e. The van der Waals surface area contributed by atoms with Gasteiger partial charge in [0.15, 0.2) is 8.32 Å². The van der Waals surface area contributed by atoms with E-state index in [1.807, 2.05) is 12.1 Å². The van der Waals surface area contributed by atoms with E-state index in [0.717, 1.165) is 31.3 Å². The lowest BCUT2D eigenvalue weighted by Gasteiger charge is -2.36. The van der Waals surface area contributed by atoms with Crippen LogP contribution in [0.2, 0.25) is 23.2 Å². The predicted octanol–water partition coefficient (Wildman–Crippen LogP) is 5.11. The molecule has 112 valence electrons. The van der Waals surface area contributed by atoms with E-state index in [4.69, 9.17) is 16.0 Å². The fourth-order valence-electron chi connectivity index (χ4n) is 1.71. The summed E-state index contributed by atoms with van der Waals surface area (Å²) in [4.78, 5) is 11.0. The molecule has 0 atom stereocenters. The molecule has 0 spiro atoms. The second kappa shape index (κ2) is 6.88. The van der Waals surface area contributed by atoms with Crippen LogP contribution < -0.4 is 0 Å². The van der Waals surface area contributed by atoms with Gasteiger partial charge in [-0.25, -0.2) is 0 Å². The molecule has 0 aliphatic carbocycles. The van der Waals surface area contributed by atoms with E-state index < -0.39 is 8.32 Å². The smallest absolute Gasteiger partial charge is 0.191 e. The van der Waals surface area contributed by atoms with Crippen molar-refractivity contribution in [2.45, 2.75) is 51.7 Å². The van der Waals surface area contributed by atoms with Gasteiger partial charge in [0, 0.05) is 17.2 Å². The molecule has 0 saturated heterocycles. The topological polar surface area (TPSA) is 26.3 Å². The third-order valence-corrected chi connectivity index (χ3v) is 8.87. The minimum atomic E-state index is -1.66. The van der Waals surface area contributed by atoms with Crippen LogP contribution in [0.5, 0.6) is 0 Å². The van der Waals surface area contributed by atoms with Gasteiger partial charge >= 0.3 is 0 Å². The van der Waals surface area contributed by atoms with Crippen molar-refractivity contribution in [3.05, 3.63) is 34.3 Å². The molecule has 0 amide bonds. The average molecular weight is 313 g/mol. The fourth-order valence-corrected chi connectivity index (χ4v) is 2.98. The van der Waals surface area contributed by atoms with E-state index >= 15 is 0 Å². The molecule has 20 heavy (non-hydrogen) atoms. The van der Waals surface area contributed by atoms with Crippen LogP contribution in [0.1, 0.15) is 43.1 Å². The van der Waals surface area contributed by atoms with Crippen molar-refractivity contribution < 1.29 is 9.22 Å². The van der Waals surface area contributed by atoms with Gasteiger partial charge in [-0.1, -0.05) is 38.4 Å². The summed E-state index contributed by atoms with van der Waals surface area (Å²) in [7, 11) is -1.66. The summed E-state index contributed by atoms with van der Waals surface area (Å²) in [6.45, 7) is 12.0. The number of aldehydes is 1. The Hall–Kier alpha value is -0.643. The van der Waals surface area contributed by atoms with E-state index in [9.17, 15) is 4.79 Å². The summed E-state index contributed by atoms with van der Waals surface area (Å²) in [6.07, 6.45) is 2.64. The predicted molar refractivity (Wildman–Crippen MR) is 88.3 cm³/mol. The molecule has 0 fully saturated rings. The number of carbonyl (C=O) groups excluding carboxylic acids is 1. The molecule has 4 heteroatoms. The van der Waals surface area contributed by atoms with Crippen molar-refractivity contribution in [1.29, 1.82) is 0 Å². The molecule has 0 radical (unpaired) electrons. The molecule has 0 heterocycles. The maximum atomic E-state index is 11.0. The van der Waals surface area contributed by atoms with Gasteiger partial charge in [0.2, 0.25) is 0 Å². The monoisotopic (exact) mass is 312 g/mol. The Morgan fingerprint density at radius 1 is 1.30 bits per heavy atom. The number of hydrogen-bond acceptors (Lipinski definition) is 2. The van der Waals surface area contributed by atoms with Crippen LogP contribution in [-0.2, 0) is 10.8 Å². The number of rotatable bonds is 6. The molecule has 0 saturated carbocycles. The third kappa shape index (κ3) is 4.72. The molecule has 0 unspecified atom stereocenters. The van der Waals surface area contributed by atoms with Gasteiger partial charge in [-0.15, -0.1) is 0 Å². The van der Waals surface area contributed by atoms with Crippen molar-refractivity contribution in [1.82, 2.24) is 0 Å². The molecule has 0 aromatic heterocycles. The van der Waals surface area contributed by atoms with Gasteiger partial charge in [-0.2, -0.15) is 0 Å². The number of aryl methyl sites for hydroxylation is 1. The number of benzene rings is 1. The van der Waals surface area contributed by atoms with Gasteiger partial charge in [0.1, 0.15) is 6.29 Å². The molecule has 2 nitrogen and oxygen atoms in total. The minimum absolute atomic E-state index is 0.237. The maximum absolute atomic E-state index is 11.0. The van der Waals surface area contributed by atoms with Crippen LogP contribution in [0.3, 0.4) is 0 Å². The van der Waals surface area contributed by atoms with Gasteiger partial charge in [0.25, 0.3) is 0 Å². The van der Waals surface area contributed by atoms with Crippen LogP contribution in [0.25, 0.3) is 0 Å². The van der Waals surface area contributed by atoms with Crippen LogP contribution in [-0.4, -0.2) is 21.2 Å². The molecular formula is C16H25ClO2Si. The molecule has 0 bridgehead atoms. The number of halogens is 1. The van der Waals surface area contributed by atoms with Gasteiger partial charge in [-0.3, -0.25) is 4.79 Å². The van der Waals surface area contributed by atoms with Crippen LogP contribution >= 0.6 is 11.6 Å². The first kappa shape index (κ1) is 17.4. The first-order valence-electron chi connectivity index (χ1n) is 7.05. The fraction of sp³-hybridized carbons (Fsp3) is 0.562. The van der Waals surface area contributed by atoms with E-state index in [-0.39, 0.29) is 5.04 Å². The summed E-state index contributed by atoms with van der Waals surface area (Å²) < 4.78 is 6.14. The highest BCUT2D eigenvalue weighted by Crippen LogP contribution is 2.36. The molecule has 0 N–H and O–H groups in total. The van der Waals surface area contributed by atoms with E-state index in [1.54, 1.807) is 6.07 Å². The molecule has 1 rings (SSSR count). The van der Waals surface area contributed by atoms with E-state index in [2.05, 4.69) is 33.9 Å². The quantitative estimate of drug-likeness (QED) is 0.414. The standard InChI is InChI=1S/C16H25ClO2Si/c1-16(2,3)20(4,5)19-10-6-7-13-8-9-15(17)11-14(13)12-18/h8-9,11-12H,6-7,10H2,1-5H3.